The van der Waals surface area contributed by atoms with Crippen LogP contribution in [0.25, 0.3) is 0 Å². The van der Waals surface area contributed by atoms with E-state index in [1.54, 1.807) is 48.5 Å². The van der Waals surface area contributed by atoms with E-state index in [-0.39, 0.29) is 24.2 Å². The second-order valence-corrected chi connectivity index (χ2v) is 7.17. The number of rotatable bonds is 6. The van der Waals surface area contributed by atoms with Crippen molar-refractivity contribution in [1.29, 1.82) is 0 Å². The van der Waals surface area contributed by atoms with Crippen molar-refractivity contribution in [3.05, 3.63) is 59.7 Å². The molecule has 152 valence electrons. The molecule has 1 N–H and O–H groups in total. The van der Waals surface area contributed by atoms with Crippen LogP contribution in [0.1, 0.15) is 53.3 Å². The fourth-order valence-corrected chi connectivity index (χ4v) is 3.35. The molecule has 0 aliphatic carbocycles. The molecule has 2 aromatic rings. The van der Waals surface area contributed by atoms with Gasteiger partial charge in [0.05, 0.1) is 5.56 Å². The van der Waals surface area contributed by atoms with Crippen molar-refractivity contribution in [2.75, 3.05) is 25.0 Å². The zero-order valence-electron chi connectivity index (χ0n) is 16.6. The molecular weight excluding hydrogens is 368 g/mol. The van der Waals surface area contributed by atoms with Gasteiger partial charge in [0.2, 0.25) is 0 Å². The van der Waals surface area contributed by atoms with E-state index < -0.39 is 0 Å². The highest BCUT2D eigenvalue weighted by Crippen LogP contribution is 2.21. The third-order valence-corrected chi connectivity index (χ3v) is 4.97. The van der Waals surface area contributed by atoms with E-state index in [4.69, 9.17) is 4.74 Å². The number of amides is 2. The first kappa shape index (κ1) is 20.6. The van der Waals surface area contributed by atoms with Gasteiger partial charge in [-0.05, 0) is 44.0 Å². The summed E-state index contributed by atoms with van der Waals surface area (Å²) in [6.07, 6.45) is 4.34. The maximum absolute atomic E-state index is 12.7. The highest BCUT2D eigenvalue weighted by atomic mass is 16.5. The molecular formula is C23H26N2O4. The number of hydrogen-bond donors (Lipinski definition) is 1. The summed E-state index contributed by atoms with van der Waals surface area (Å²) in [5.74, 6) is -0.132. The molecule has 6 nitrogen and oxygen atoms in total. The van der Waals surface area contributed by atoms with Crippen LogP contribution in [0.2, 0.25) is 0 Å². The Morgan fingerprint density at radius 3 is 2.41 bits per heavy atom. The zero-order valence-corrected chi connectivity index (χ0v) is 16.6. The average molecular weight is 394 g/mol. The van der Waals surface area contributed by atoms with Crippen LogP contribution in [0.5, 0.6) is 5.75 Å². The summed E-state index contributed by atoms with van der Waals surface area (Å²) in [6.45, 7) is 2.91. The summed E-state index contributed by atoms with van der Waals surface area (Å²) in [7, 11) is 0. The van der Waals surface area contributed by atoms with E-state index in [0.717, 1.165) is 38.8 Å². The second kappa shape index (κ2) is 9.87. The van der Waals surface area contributed by atoms with Gasteiger partial charge in [-0.25, -0.2) is 0 Å². The van der Waals surface area contributed by atoms with Crippen LogP contribution in [0.3, 0.4) is 0 Å². The largest absolute Gasteiger partial charge is 0.483 e. The Balaban J connectivity index is 1.66. The highest BCUT2D eigenvalue weighted by Gasteiger charge is 2.18. The zero-order chi connectivity index (χ0) is 20.6. The lowest BCUT2D eigenvalue weighted by molar-refractivity contribution is -0.133. The maximum Gasteiger partial charge on any atom is 0.260 e. The number of benzene rings is 2. The van der Waals surface area contributed by atoms with Gasteiger partial charge < -0.3 is 15.0 Å². The van der Waals surface area contributed by atoms with E-state index in [2.05, 4.69) is 5.32 Å². The molecule has 3 rings (SSSR count). The maximum atomic E-state index is 12.7. The Labute approximate surface area is 170 Å². The molecule has 0 spiro atoms. The molecule has 0 radical (unpaired) electrons. The number of nitrogens with zero attached hydrogens (tertiary/aromatic N) is 1. The lowest BCUT2D eigenvalue weighted by Crippen LogP contribution is -2.35. The number of ketones is 1. The quantitative estimate of drug-likeness (QED) is 0.754. The first-order valence-electron chi connectivity index (χ1n) is 9.96. The van der Waals surface area contributed by atoms with E-state index in [1.165, 1.54) is 6.92 Å². The Kier molecular flexibility index (Phi) is 7.00. The highest BCUT2D eigenvalue weighted by molar-refractivity contribution is 6.06. The molecule has 1 aliphatic heterocycles. The summed E-state index contributed by atoms with van der Waals surface area (Å²) < 4.78 is 5.71. The number of Topliss-reactive ketones (excluding diaryl/α,β-unsaturated/α-hetero) is 1. The lowest BCUT2D eigenvalue weighted by Gasteiger charge is -2.20. The summed E-state index contributed by atoms with van der Waals surface area (Å²) >= 11 is 0. The third kappa shape index (κ3) is 5.67. The van der Waals surface area contributed by atoms with Crippen LogP contribution in [0.4, 0.5) is 5.69 Å². The van der Waals surface area contributed by atoms with Crippen molar-refractivity contribution in [3.63, 3.8) is 0 Å². The van der Waals surface area contributed by atoms with E-state index in [9.17, 15) is 14.4 Å². The Bertz CT molecular complexity index is 886. The van der Waals surface area contributed by atoms with Crippen molar-refractivity contribution >= 4 is 23.3 Å². The fourth-order valence-electron chi connectivity index (χ4n) is 3.35. The van der Waals surface area contributed by atoms with Gasteiger partial charge in [-0.2, -0.15) is 0 Å². The number of carbonyl (C=O) groups is 3. The predicted molar refractivity (Wildman–Crippen MR) is 111 cm³/mol. The molecule has 2 amide bonds. The van der Waals surface area contributed by atoms with Crippen molar-refractivity contribution < 1.29 is 19.1 Å². The number of carbonyl (C=O) groups excluding carboxylic acids is 3. The molecule has 2 aromatic carbocycles. The molecule has 1 saturated heterocycles. The van der Waals surface area contributed by atoms with Crippen LogP contribution in [0, 0.1) is 0 Å². The molecule has 29 heavy (non-hydrogen) atoms. The molecule has 0 bridgehead atoms. The molecule has 0 saturated carbocycles. The van der Waals surface area contributed by atoms with Crippen molar-refractivity contribution in [1.82, 2.24) is 4.90 Å². The van der Waals surface area contributed by atoms with Crippen LogP contribution >= 0.6 is 0 Å². The van der Waals surface area contributed by atoms with E-state index in [1.807, 2.05) is 4.90 Å². The smallest absolute Gasteiger partial charge is 0.260 e. The molecule has 0 aromatic heterocycles. The minimum atomic E-state index is -0.358. The van der Waals surface area contributed by atoms with Gasteiger partial charge in [-0.3, -0.25) is 14.4 Å². The molecule has 1 heterocycles. The van der Waals surface area contributed by atoms with Gasteiger partial charge in [-0.1, -0.05) is 37.1 Å². The fraction of sp³-hybridized carbons (Fsp3) is 0.348. The normalized spacial score (nSPS) is 14.0. The monoisotopic (exact) mass is 394 g/mol. The van der Waals surface area contributed by atoms with Gasteiger partial charge in [-0.15, -0.1) is 0 Å². The summed E-state index contributed by atoms with van der Waals surface area (Å²) in [4.78, 5) is 38.6. The molecule has 6 heteroatoms. The Morgan fingerprint density at radius 2 is 1.69 bits per heavy atom. The lowest BCUT2D eigenvalue weighted by atomic mass is 10.1. The Morgan fingerprint density at radius 1 is 0.966 bits per heavy atom. The van der Waals surface area contributed by atoms with Crippen LogP contribution < -0.4 is 10.1 Å². The first-order valence-corrected chi connectivity index (χ1v) is 9.96. The number of ether oxygens (including phenoxy) is 1. The standard InChI is InChI=1S/C23H26N2O4/c1-17(26)18-9-8-10-19(15-18)24-23(28)20-11-4-5-12-21(20)29-16-22(27)25-13-6-2-3-7-14-25/h4-5,8-12,15H,2-3,6-7,13-14,16H2,1H3,(H,24,28). The van der Waals surface area contributed by atoms with Crippen LogP contribution in [0.15, 0.2) is 48.5 Å². The number of nitrogens with one attached hydrogen (secondary N) is 1. The number of para-hydroxylation sites is 1. The summed E-state index contributed by atoms with van der Waals surface area (Å²) in [5, 5.41) is 2.79. The van der Waals surface area contributed by atoms with Gasteiger partial charge in [0.1, 0.15) is 5.75 Å². The molecule has 1 aliphatic rings. The molecule has 1 fully saturated rings. The van der Waals surface area contributed by atoms with Crippen molar-refractivity contribution in [2.24, 2.45) is 0 Å². The summed E-state index contributed by atoms with van der Waals surface area (Å²) in [6, 6.07) is 13.6. The van der Waals surface area contributed by atoms with E-state index in [0.29, 0.717) is 22.6 Å². The predicted octanol–water partition coefficient (Wildman–Crippen LogP) is 3.92. The topological polar surface area (TPSA) is 75.7 Å². The number of anilines is 1. The van der Waals surface area contributed by atoms with Crippen molar-refractivity contribution in [3.8, 4) is 5.75 Å². The van der Waals surface area contributed by atoms with Gasteiger partial charge in [0, 0.05) is 24.3 Å². The van der Waals surface area contributed by atoms with Crippen LogP contribution in [-0.2, 0) is 4.79 Å². The minimum Gasteiger partial charge on any atom is -0.483 e. The number of likely N-dealkylation sites (tertiary alicyclic amines) is 1. The molecule has 0 unspecified atom stereocenters. The SMILES string of the molecule is CC(=O)c1cccc(NC(=O)c2ccccc2OCC(=O)N2CCCCCC2)c1. The van der Waals surface area contributed by atoms with Gasteiger partial charge in [0.25, 0.3) is 11.8 Å². The average Bonchev–Trinajstić information content (AvgIpc) is 3.02. The van der Waals surface area contributed by atoms with Crippen LogP contribution in [-0.4, -0.2) is 42.2 Å². The second-order valence-electron chi connectivity index (χ2n) is 7.17. The number of hydrogen-bond acceptors (Lipinski definition) is 4. The summed E-state index contributed by atoms with van der Waals surface area (Å²) in [5.41, 5.74) is 1.39. The van der Waals surface area contributed by atoms with Crippen molar-refractivity contribution in [2.45, 2.75) is 32.6 Å². The van der Waals surface area contributed by atoms with Gasteiger partial charge in [0.15, 0.2) is 12.4 Å². The first-order chi connectivity index (χ1) is 14.0. The molecule has 0 atom stereocenters. The van der Waals surface area contributed by atoms with Gasteiger partial charge >= 0.3 is 0 Å². The Hall–Kier alpha value is -3.15. The van der Waals surface area contributed by atoms with E-state index >= 15 is 0 Å². The third-order valence-electron chi connectivity index (χ3n) is 4.97. The minimum absolute atomic E-state index is 0.0590.